The van der Waals surface area contributed by atoms with Crippen molar-refractivity contribution in [1.29, 1.82) is 0 Å². The maximum atomic E-state index is 5.94. The third kappa shape index (κ3) is 8.39. The monoisotopic (exact) mass is 521 g/mol. The molecule has 1 aromatic rings. The van der Waals surface area contributed by atoms with Gasteiger partial charge in [0, 0.05) is 71.7 Å². The van der Waals surface area contributed by atoms with Crippen LogP contribution in [0.15, 0.2) is 15.6 Å². The average molecular weight is 521 g/mol. The Morgan fingerprint density at radius 2 is 2.03 bits per heavy atom. The number of guanidine groups is 1. The Morgan fingerprint density at radius 1 is 1.28 bits per heavy atom. The van der Waals surface area contributed by atoms with Crippen molar-refractivity contribution < 1.29 is 14.0 Å². The van der Waals surface area contributed by atoms with E-state index in [-0.39, 0.29) is 24.0 Å². The first-order valence-electron chi connectivity index (χ1n) is 10.6. The van der Waals surface area contributed by atoms with E-state index in [1.165, 1.54) is 0 Å². The summed E-state index contributed by atoms with van der Waals surface area (Å²) in [7, 11) is 0. The molecule has 2 aliphatic rings. The van der Waals surface area contributed by atoms with Crippen LogP contribution in [0.1, 0.15) is 37.6 Å². The molecule has 0 amide bonds. The van der Waals surface area contributed by atoms with Crippen molar-refractivity contribution in [3.8, 4) is 0 Å². The minimum absolute atomic E-state index is 0. The van der Waals surface area contributed by atoms with Crippen LogP contribution in [0, 0.1) is 6.92 Å². The second-order valence-corrected chi connectivity index (χ2v) is 7.46. The van der Waals surface area contributed by atoms with Crippen LogP contribution in [0.5, 0.6) is 0 Å². The number of piperazine rings is 1. The predicted octanol–water partition coefficient (Wildman–Crippen LogP) is 2.27. The topological polar surface area (TPSA) is 75.4 Å². The minimum Gasteiger partial charge on any atom is -0.381 e. The molecular formula is C20H36IN5O3. The highest BCUT2D eigenvalue weighted by molar-refractivity contribution is 14.0. The van der Waals surface area contributed by atoms with Crippen molar-refractivity contribution >= 4 is 29.9 Å². The van der Waals surface area contributed by atoms with Crippen LogP contribution in [0.2, 0.25) is 0 Å². The molecule has 3 rings (SSSR count). The standard InChI is InChI=1S/C20H35N5O3.HI/c1-3-21-20(22-7-4-12-27-19-5-13-26-14-6-19)25-10-8-24(9-11-25)16-18-15-17(2)28-23-18;/h15,19H,3-14,16H2,1-2H3,(H,21,22);1H. The van der Waals surface area contributed by atoms with E-state index >= 15 is 0 Å². The number of hydrogen-bond acceptors (Lipinski definition) is 6. The highest BCUT2D eigenvalue weighted by Gasteiger charge is 2.20. The number of halogens is 1. The zero-order valence-corrected chi connectivity index (χ0v) is 20.1. The van der Waals surface area contributed by atoms with E-state index in [4.69, 9.17) is 19.0 Å². The SMILES string of the molecule is CCNC(=NCCCOC1CCOCC1)N1CCN(Cc2cc(C)on2)CC1.I. The summed E-state index contributed by atoms with van der Waals surface area (Å²) in [4.78, 5) is 9.58. The lowest BCUT2D eigenvalue weighted by atomic mass is 10.1. The Kier molecular flexibility index (Phi) is 11.3. The summed E-state index contributed by atoms with van der Waals surface area (Å²) in [6.45, 7) is 13.0. The smallest absolute Gasteiger partial charge is 0.194 e. The Morgan fingerprint density at radius 3 is 2.69 bits per heavy atom. The fourth-order valence-corrected chi connectivity index (χ4v) is 3.61. The highest BCUT2D eigenvalue weighted by Crippen LogP contribution is 2.11. The van der Waals surface area contributed by atoms with Crippen molar-refractivity contribution in [3.05, 3.63) is 17.5 Å². The number of aryl methyl sites for hydroxylation is 1. The van der Waals surface area contributed by atoms with Crippen LogP contribution in [0.4, 0.5) is 0 Å². The molecule has 0 spiro atoms. The zero-order valence-electron chi connectivity index (χ0n) is 17.8. The molecule has 0 aromatic carbocycles. The van der Waals surface area contributed by atoms with Crippen molar-refractivity contribution in [2.24, 2.45) is 4.99 Å². The third-order valence-corrected chi connectivity index (χ3v) is 5.15. The Bertz CT molecular complexity index is 599. The summed E-state index contributed by atoms with van der Waals surface area (Å²) in [6.07, 6.45) is 3.36. The second-order valence-electron chi connectivity index (χ2n) is 7.46. The number of hydrogen-bond donors (Lipinski definition) is 1. The number of nitrogens with one attached hydrogen (secondary N) is 1. The molecule has 166 valence electrons. The van der Waals surface area contributed by atoms with Crippen molar-refractivity contribution in [2.45, 2.75) is 45.8 Å². The largest absolute Gasteiger partial charge is 0.381 e. The number of aromatic nitrogens is 1. The first-order valence-corrected chi connectivity index (χ1v) is 10.6. The van der Waals surface area contributed by atoms with E-state index in [1.807, 2.05) is 13.0 Å². The van der Waals surface area contributed by atoms with Gasteiger partial charge in [-0.3, -0.25) is 9.89 Å². The van der Waals surface area contributed by atoms with Gasteiger partial charge in [-0.2, -0.15) is 0 Å². The van der Waals surface area contributed by atoms with Gasteiger partial charge in [0.1, 0.15) is 5.76 Å². The fraction of sp³-hybridized carbons (Fsp3) is 0.800. The molecular weight excluding hydrogens is 485 g/mol. The minimum atomic E-state index is 0. The van der Waals surface area contributed by atoms with E-state index in [0.29, 0.717) is 6.10 Å². The van der Waals surface area contributed by atoms with E-state index < -0.39 is 0 Å². The summed E-state index contributed by atoms with van der Waals surface area (Å²) in [5.41, 5.74) is 1.01. The van der Waals surface area contributed by atoms with Gasteiger partial charge in [0.05, 0.1) is 11.8 Å². The van der Waals surface area contributed by atoms with Gasteiger partial charge in [-0.1, -0.05) is 5.16 Å². The van der Waals surface area contributed by atoms with Crippen LogP contribution >= 0.6 is 24.0 Å². The second kappa shape index (κ2) is 13.4. The maximum absolute atomic E-state index is 5.94. The van der Waals surface area contributed by atoms with Crippen LogP contribution in [0.3, 0.4) is 0 Å². The molecule has 2 fully saturated rings. The Balaban J connectivity index is 0.00000300. The van der Waals surface area contributed by atoms with Gasteiger partial charge in [-0.15, -0.1) is 24.0 Å². The molecule has 1 N–H and O–H groups in total. The molecule has 2 saturated heterocycles. The van der Waals surface area contributed by atoms with Gasteiger partial charge in [0.15, 0.2) is 5.96 Å². The molecule has 2 aliphatic heterocycles. The van der Waals surface area contributed by atoms with Gasteiger partial charge < -0.3 is 24.2 Å². The van der Waals surface area contributed by atoms with Gasteiger partial charge >= 0.3 is 0 Å². The summed E-state index contributed by atoms with van der Waals surface area (Å²) < 4.78 is 16.5. The lowest BCUT2D eigenvalue weighted by Crippen LogP contribution is -2.52. The van der Waals surface area contributed by atoms with Gasteiger partial charge in [0.2, 0.25) is 0 Å². The maximum Gasteiger partial charge on any atom is 0.194 e. The van der Waals surface area contributed by atoms with Gasteiger partial charge in [-0.25, -0.2) is 0 Å². The van der Waals surface area contributed by atoms with Gasteiger partial charge in [-0.05, 0) is 33.1 Å². The van der Waals surface area contributed by atoms with Crippen molar-refractivity contribution in [2.75, 3.05) is 59.1 Å². The summed E-state index contributed by atoms with van der Waals surface area (Å²) >= 11 is 0. The number of aliphatic imine (C=N–C) groups is 1. The van der Waals surface area contributed by atoms with Crippen LogP contribution in [-0.2, 0) is 16.0 Å². The quantitative estimate of drug-likeness (QED) is 0.244. The molecule has 0 unspecified atom stereocenters. The van der Waals surface area contributed by atoms with Crippen LogP contribution < -0.4 is 5.32 Å². The summed E-state index contributed by atoms with van der Waals surface area (Å²) in [5, 5.41) is 7.53. The molecule has 8 nitrogen and oxygen atoms in total. The number of ether oxygens (including phenoxy) is 2. The molecule has 3 heterocycles. The summed E-state index contributed by atoms with van der Waals surface area (Å²) in [6, 6.07) is 2.01. The lowest BCUT2D eigenvalue weighted by molar-refractivity contribution is -0.0318. The molecule has 1 aromatic heterocycles. The van der Waals surface area contributed by atoms with Gasteiger partial charge in [0.25, 0.3) is 0 Å². The Hall–Kier alpha value is -0.910. The van der Waals surface area contributed by atoms with Crippen molar-refractivity contribution in [1.82, 2.24) is 20.3 Å². The molecule has 0 bridgehead atoms. The zero-order chi connectivity index (χ0) is 19.6. The molecule has 0 radical (unpaired) electrons. The number of nitrogens with zero attached hydrogens (tertiary/aromatic N) is 4. The third-order valence-electron chi connectivity index (χ3n) is 5.15. The molecule has 0 aliphatic carbocycles. The van der Waals surface area contributed by atoms with E-state index in [9.17, 15) is 0 Å². The first kappa shape index (κ1) is 24.4. The molecule has 9 heteroatoms. The van der Waals surface area contributed by atoms with Crippen LogP contribution in [-0.4, -0.2) is 86.1 Å². The van der Waals surface area contributed by atoms with E-state index in [0.717, 1.165) is 102 Å². The van der Waals surface area contributed by atoms with Crippen molar-refractivity contribution in [3.63, 3.8) is 0 Å². The van der Waals surface area contributed by atoms with E-state index in [2.05, 4.69) is 27.2 Å². The molecule has 0 saturated carbocycles. The normalized spacial score (nSPS) is 19.2. The Labute approximate surface area is 191 Å². The summed E-state index contributed by atoms with van der Waals surface area (Å²) in [5.74, 6) is 1.89. The first-order chi connectivity index (χ1) is 13.7. The van der Waals surface area contributed by atoms with E-state index in [1.54, 1.807) is 0 Å². The number of rotatable bonds is 8. The lowest BCUT2D eigenvalue weighted by Gasteiger charge is -2.36. The predicted molar refractivity (Wildman–Crippen MR) is 124 cm³/mol. The molecule has 0 atom stereocenters. The molecule has 29 heavy (non-hydrogen) atoms. The van der Waals surface area contributed by atoms with Crippen LogP contribution in [0.25, 0.3) is 0 Å². The highest BCUT2D eigenvalue weighted by atomic mass is 127. The average Bonchev–Trinajstić information content (AvgIpc) is 3.13. The fourth-order valence-electron chi connectivity index (χ4n) is 3.61.